The van der Waals surface area contributed by atoms with Crippen molar-refractivity contribution >= 4 is 23.2 Å². The van der Waals surface area contributed by atoms with E-state index in [1.54, 1.807) is 29.2 Å². The summed E-state index contributed by atoms with van der Waals surface area (Å²) >= 11 is 6.02. The molecule has 0 aliphatic heterocycles. The molecule has 104 valence electrons. The van der Waals surface area contributed by atoms with Crippen LogP contribution in [0.4, 0.5) is 5.69 Å². The molecule has 2 rings (SSSR count). The van der Waals surface area contributed by atoms with E-state index in [4.69, 9.17) is 11.6 Å². The number of phenolic OH excluding ortho intramolecular Hbond substituents is 1. The Morgan fingerprint density at radius 1 is 1.40 bits per heavy atom. The molecule has 0 fully saturated rings. The van der Waals surface area contributed by atoms with E-state index in [0.29, 0.717) is 22.8 Å². The van der Waals surface area contributed by atoms with Crippen molar-refractivity contribution in [3.05, 3.63) is 52.8 Å². The van der Waals surface area contributed by atoms with Gasteiger partial charge in [0.1, 0.15) is 5.75 Å². The number of amides is 1. The minimum Gasteiger partial charge on any atom is -0.508 e. The first-order valence-corrected chi connectivity index (χ1v) is 6.63. The van der Waals surface area contributed by atoms with Gasteiger partial charge in [-0.3, -0.25) is 9.78 Å². The number of anilines is 1. The molecule has 1 aromatic heterocycles. The molecule has 1 N–H and O–H groups in total. The molecule has 0 unspecified atom stereocenters. The predicted molar refractivity (Wildman–Crippen MR) is 79.4 cm³/mol. The first kappa shape index (κ1) is 14.3. The van der Waals surface area contributed by atoms with Gasteiger partial charge in [-0.2, -0.15) is 0 Å². The summed E-state index contributed by atoms with van der Waals surface area (Å²) in [5.74, 6) is -0.0914. The molecule has 0 spiro atoms. The standard InChI is InChI=1S/C15H15ClN2O2/c1-3-18(14-8-11(19)5-4-10(14)2)15(20)12-6-7-17-9-13(12)16/h4-9,19H,3H2,1-2H3. The number of carbonyl (C=O) groups is 1. The van der Waals surface area contributed by atoms with Crippen molar-refractivity contribution in [1.82, 2.24) is 4.98 Å². The number of carbonyl (C=O) groups excluding carboxylic acids is 1. The Hall–Kier alpha value is -2.07. The lowest BCUT2D eigenvalue weighted by Gasteiger charge is -2.23. The molecule has 20 heavy (non-hydrogen) atoms. The quantitative estimate of drug-likeness (QED) is 0.942. The number of phenols is 1. The monoisotopic (exact) mass is 290 g/mol. The zero-order valence-electron chi connectivity index (χ0n) is 11.3. The average molecular weight is 291 g/mol. The molecule has 0 radical (unpaired) electrons. The number of benzene rings is 1. The van der Waals surface area contributed by atoms with Crippen LogP contribution in [0.2, 0.25) is 5.02 Å². The fourth-order valence-electron chi connectivity index (χ4n) is 2.01. The molecule has 0 atom stereocenters. The van der Waals surface area contributed by atoms with Gasteiger partial charge in [-0.1, -0.05) is 17.7 Å². The van der Waals surface area contributed by atoms with Crippen molar-refractivity contribution in [3.63, 3.8) is 0 Å². The van der Waals surface area contributed by atoms with E-state index in [0.717, 1.165) is 5.56 Å². The predicted octanol–water partition coefficient (Wildman–Crippen LogP) is 3.42. The Morgan fingerprint density at radius 3 is 2.80 bits per heavy atom. The number of hydrogen-bond donors (Lipinski definition) is 1. The van der Waals surface area contributed by atoms with Crippen molar-refractivity contribution in [2.24, 2.45) is 0 Å². The van der Waals surface area contributed by atoms with E-state index < -0.39 is 0 Å². The summed E-state index contributed by atoms with van der Waals surface area (Å²) in [5, 5.41) is 9.93. The first-order chi connectivity index (χ1) is 9.54. The minimum atomic E-state index is -0.214. The van der Waals surface area contributed by atoms with Gasteiger partial charge < -0.3 is 10.0 Å². The lowest BCUT2D eigenvalue weighted by molar-refractivity contribution is 0.0988. The van der Waals surface area contributed by atoms with Crippen LogP contribution in [-0.4, -0.2) is 22.5 Å². The summed E-state index contributed by atoms with van der Waals surface area (Å²) in [6, 6.07) is 6.53. The van der Waals surface area contributed by atoms with Crippen molar-refractivity contribution in [1.29, 1.82) is 0 Å². The molecule has 1 amide bonds. The fourth-order valence-corrected chi connectivity index (χ4v) is 2.21. The van der Waals surface area contributed by atoms with Crippen LogP contribution in [0.15, 0.2) is 36.7 Å². The van der Waals surface area contributed by atoms with E-state index in [9.17, 15) is 9.90 Å². The third-order valence-electron chi connectivity index (χ3n) is 3.05. The molecule has 0 aliphatic carbocycles. The third kappa shape index (κ3) is 2.75. The van der Waals surface area contributed by atoms with Crippen LogP contribution in [0, 0.1) is 6.92 Å². The molecule has 5 heteroatoms. The van der Waals surface area contributed by atoms with E-state index >= 15 is 0 Å². The zero-order chi connectivity index (χ0) is 14.7. The second-order valence-electron chi connectivity index (χ2n) is 4.38. The van der Waals surface area contributed by atoms with Crippen LogP contribution in [0.25, 0.3) is 0 Å². The molecular formula is C15H15ClN2O2. The highest BCUT2D eigenvalue weighted by atomic mass is 35.5. The van der Waals surface area contributed by atoms with Crippen LogP contribution in [-0.2, 0) is 0 Å². The zero-order valence-corrected chi connectivity index (χ0v) is 12.1. The molecule has 0 bridgehead atoms. The minimum absolute atomic E-state index is 0.123. The van der Waals surface area contributed by atoms with E-state index in [1.165, 1.54) is 12.4 Å². The normalized spacial score (nSPS) is 10.3. The molecule has 1 aromatic carbocycles. The largest absolute Gasteiger partial charge is 0.508 e. The highest BCUT2D eigenvalue weighted by molar-refractivity contribution is 6.34. The maximum absolute atomic E-state index is 12.6. The third-order valence-corrected chi connectivity index (χ3v) is 3.35. The highest BCUT2D eigenvalue weighted by Crippen LogP contribution is 2.27. The molecular weight excluding hydrogens is 276 g/mol. The van der Waals surface area contributed by atoms with Gasteiger partial charge >= 0.3 is 0 Å². The van der Waals surface area contributed by atoms with Gasteiger partial charge in [0.05, 0.1) is 16.3 Å². The molecule has 0 saturated carbocycles. The van der Waals surface area contributed by atoms with Gasteiger partial charge in [0, 0.05) is 25.0 Å². The molecule has 0 saturated heterocycles. The summed E-state index contributed by atoms with van der Waals surface area (Å²) in [4.78, 5) is 18.0. The summed E-state index contributed by atoms with van der Waals surface area (Å²) in [5.41, 5.74) is 1.97. The second-order valence-corrected chi connectivity index (χ2v) is 4.78. The number of halogens is 1. The summed E-state index contributed by atoms with van der Waals surface area (Å²) in [6.45, 7) is 4.23. The van der Waals surface area contributed by atoms with Gasteiger partial charge in [-0.15, -0.1) is 0 Å². The highest BCUT2D eigenvalue weighted by Gasteiger charge is 2.20. The molecule has 0 aliphatic rings. The van der Waals surface area contributed by atoms with Crippen LogP contribution >= 0.6 is 11.6 Å². The Kier molecular flexibility index (Phi) is 4.25. The molecule has 4 nitrogen and oxygen atoms in total. The first-order valence-electron chi connectivity index (χ1n) is 6.25. The number of aromatic hydroxyl groups is 1. The number of aryl methyl sites for hydroxylation is 1. The number of aromatic nitrogens is 1. The van der Waals surface area contributed by atoms with Gasteiger partial charge in [-0.05, 0) is 31.5 Å². The van der Waals surface area contributed by atoms with Gasteiger partial charge in [-0.25, -0.2) is 0 Å². The summed E-state index contributed by atoms with van der Waals surface area (Å²) < 4.78 is 0. The maximum Gasteiger partial charge on any atom is 0.259 e. The second kappa shape index (κ2) is 5.92. The molecule has 2 aromatic rings. The topological polar surface area (TPSA) is 53.4 Å². The van der Waals surface area contributed by atoms with E-state index in [2.05, 4.69) is 4.98 Å². The van der Waals surface area contributed by atoms with Gasteiger partial charge in [0.25, 0.3) is 5.91 Å². The van der Waals surface area contributed by atoms with Crippen LogP contribution in [0.5, 0.6) is 5.75 Å². The fraction of sp³-hybridized carbons (Fsp3) is 0.200. The number of pyridine rings is 1. The molecule has 1 heterocycles. The average Bonchev–Trinajstić information content (AvgIpc) is 2.44. The van der Waals surface area contributed by atoms with Crippen LogP contribution < -0.4 is 4.90 Å². The number of hydrogen-bond acceptors (Lipinski definition) is 3. The van der Waals surface area contributed by atoms with Crippen molar-refractivity contribution in [2.75, 3.05) is 11.4 Å². The lowest BCUT2D eigenvalue weighted by atomic mass is 10.1. The van der Waals surface area contributed by atoms with Crippen LogP contribution in [0.3, 0.4) is 0 Å². The SMILES string of the molecule is CCN(C(=O)c1ccncc1Cl)c1cc(O)ccc1C. The van der Waals surface area contributed by atoms with E-state index in [-0.39, 0.29) is 11.7 Å². The Bertz CT molecular complexity index is 644. The Balaban J connectivity index is 2.45. The summed E-state index contributed by atoms with van der Waals surface area (Å²) in [6.07, 6.45) is 2.97. The smallest absolute Gasteiger partial charge is 0.259 e. The Labute approximate surface area is 122 Å². The number of nitrogens with zero attached hydrogens (tertiary/aromatic N) is 2. The van der Waals surface area contributed by atoms with Crippen molar-refractivity contribution in [2.45, 2.75) is 13.8 Å². The van der Waals surface area contributed by atoms with Crippen LogP contribution in [0.1, 0.15) is 22.8 Å². The maximum atomic E-state index is 12.6. The Morgan fingerprint density at radius 2 is 2.15 bits per heavy atom. The lowest BCUT2D eigenvalue weighted by Crippen LogP contribution is -2.31. The summed E-state index contributed by atoms with van der Waals surface area (Å²) in [7, 11) is 0. The van der Waals surface area contributed by atoms with Gasteiger partial charge in [0.15, 0.2) is 0 Å². The van der Waals surface area contributed by atoms with Gasteiger partial charge in [0.2, 0.25) is 0 Å². The van der Waals surface area contributed by atoms with Crippen molar-refractivity contribution < 1.29 is 9.90 Å². The van der Waals surface area contributed by atoms with Crippen molar-refractivity contribution in [3.8, 4) is 5.75 Å². The number of rotatable bonds is 3. The van der Waals surface area contributed by atoms with E-state index in [1.807, 2.05) is 13.8 Å².